The molecule has 2 aliphatic rings. The summed E-state index contributed by atoms with van der Waals surface area (Å²) in [6, 6.07) is 11.3. The molecule has 9 nitrogen and oxygen atoms in total. The van der Waals surface area contributed by atoms with Crippen LogP contribution < -0.4 is 9.47 Å². The highest BCUT2D eigenvalue weighted by Gasteiger charge is 2.48. The summed E-state index contributed by atoms with van der Waals surface area (Å²) in [7, 11) is 1.50. The van der Waals surface area contributed by atoms with Gasteiger partial charge in [0, 0.05) is 5.02 Å². The highest BCUT2D eigenvalue weighted by molar-refractivity contribution is 8.26. The molecule has 0 radical (unpaired) electrons. The molecule has 1 N–H and O–H groups in total. The number of rotatable bonds is 8. The van der Waals surface area contributed by atoms with Crippen molar-refractivity contribution in [2.45, 2.75) is 19.1 Å². The van der Waals surface area contributed by atoms with Crippen molar-refractivity contribution in [2.24, 2.45) is 0 Å². The number of thioether (sulfide) groups is 1. The van der Waals surface area contributed by atoms with E-state index in [4.69, 9.17) is 38.4 Å². The van der Waals surface area contributed by atoms with Gasteiger partial charge in [-0.05, 0) is 41.5 Å². The fourth-order valence-electron chi connectivity index (χ4n) is 3.70. The Balaban J connectivity index is 1.50. The average molecular weight is 547 g/mol. The molecule has 36 heavy (non-hydrogen) atoms. The van der Waals surface area contributed by atoms with Crippen molar-refractivity contribution in [3.05, 3.63) is 63.5 Å². The maximum Gasteiger partial charge on any atom is 0.323 e. The van der Waals surface area contributed by atoms with E-state index in [1.807, 2.05) is 12.1 Å². The van der Waals surface area contributed by atoms with Gasteiger partial charge in [0.05, 0.1) is 18.4 Å². The van der Waals surface area contributed by atoms with Gasteiger partial charge in [0.2, 0.25) is 5.91 Å². The number of thiocarbonyl (C=S) groups is 1. The summed E-state index contributed by atoms with van der Waals surface area (Å²) in [5.74, 6) is -2.32. The van der Waals surface area contributed by atoms with E-state index in [0.717, 1.165) is 22.2 Å². The summed E-state index contributed by atoms with van der Waals surface area (Å²) < 4.78 is 11.4. The van der Waals surface area contributed by atoms with Crippen LogP contribution in [0.1, 0.15) is 17.5 Å². The molecule has 2 aromatic carbocycles. The molecule has 2 heterocycles. The van der Waals surface area contributed by atoms with Crippen LogP contribution in [0.5, 0.6) is 11.5 Å². The Morgan fingerprint density at radius 1 is 1.19 bits per heavy atom. The predicted molar refractivity (Wildman–Crippen MR) is 137 cm³/mol. The van der Waals surface area contributed by atoms with Crippen molar-refractivity contribution in [2.75, 3.05) is 13.7 Å². The van der Waals surface area contributed by atoms with Crippen LogP contribution in [0, 0.1) is 0 Å². The minimum absolute atomic E-state index is 0.115. The third-order valence-electron chi connectivity index (χ3n) is 5.44. The number of ether oxygens (including phenoxy) is 2. The second-order valence-electron chi connectivity index (χ2n) is 7.81. The first-order valence-corrected chi connectivity index (χ1v) is 12.2. The molecule has 4 rings (SSSR count). The second-order valence-corrected chi connectivity index (χ2v) is 9.92. The topological polar surface area (TPSA) is 113 Å². The lowest BCUT2D eigenvalue weighted by atomic mass is 10.1. The summed E-state index contributed by atoms with van der Waals surface area (Å²) in [5.41, 5.74) is 1.56. The van der Waals surface area contributed by atoms with Crippen molar-refractivity contribution < 1.29 is 33.8 Å². The quantitative estimate of drug-likeness (QED) is 0.302. The van der Waals surface area contributed by atoms with Gasteiger partial charge >= 0.3 is 5.97 Å². The molecule has 0 aliphatic carbocycles. The molecule has 2 aliphatic heterocycles. The Morgan fingerprint density at radius 2 is 1.92 bits per heavy atom. The number of nitrogens with zero attached hydrogens (tertiary/aromatic N) is 2. The Bertz CT molecular complexity index is 1300. The van der Waals surface area contributed by atoms with Gasteiger partial charge in [0.1, 0.15) is 23.5 Å². The highest BCUT2D eigenvalue weighted by Crippen LogP contribution is 2.37. The molecule has 1 unspecified atom stereocenters. The van der Waals surface area contributed by atoms with Gasteiger partial charge in [0.15, 0.2) is 11.5 Å². The van der Waals surface area contributed by atoms with Crippen LogP contribution in [-0.4, -0.2) is 62.6 Å². The standard InChI is InChI=1S/C24H19ClN2O7S2/c1-33-18-8-14(4-7-17(18)34-12-13-2-5-15(25)6-3-13)9-19-23(32)27(24(35)36-19)16-10-20(28)26(22(16)31)11-21(29)30/h2-9,16H,10-12H2,1H3,(H,29,30)/b19-9-. The number of hydrogen-bond donors (Lipinski definition) is 1. The number of amides is 3. The third kappa shape index (κ3) is 5.38. The van der Waals surface area contributed by atoms with E-state index in [9.17, 15) is 19.2 Å². The number of methoxy groups -OCH3 is 1. The molecule has 12 heteroatoms. The lowest BCUT2D eigenvalue weighted by molar-refractivity contribution is -0.149. The zero-order valence-corrected chi connectivity index (χ0v) is 21.2. The summed E-state index contributed by atoms with van der Waals surface area (Å²) in [4.78, 5) is 50.8. The van der Waals surface area contributed by atoms with Crippen LogP contribution in [-0.2, 0) is 25.8 Å². The van der Waals surface area contributed by atoms with Crippen LogP contribution in [0.25, 0.3) is 6.08 Å². The zero-order valence-electron chi connectivity index (χ0n) is 18.8. The summed E-state index contributed by atoms with van der Waals surface area (Å²) in [6.45, 7) is -0.455. The zero-order chi connectivity index (χ0) is 26.0. The molecule has 3 amide bonds. The van der Waals surface area contributed by atoms with Crippen molar-refractivity contribution in [1.82, 2.24) is 9.80 Å². The van der Waals surface area contributed by atoms with Crippen molar-refractivity contribution >= 4 is 69.7 Å². The van der Waals surface area contributed by atoms with Gasteiger partial charge in [-0.25, -0.2) is 0 Å². The molecule has 0 saturated carbocycles. The number of hydrogen-bond acceptors (Lipinski definition) is 8. The number of benzene rings is 2. The number of carbonyl (C=O) groups is 4. The Morgan fingerprint density at radius 3 is 2.58 bits per heavy atom. The third-order valence-corrected chi connectivity index (χ3v) is 7.02. The average Bonchev–Trinajstić information content (AvgIpc) is 3.27. The lowest BCUT2D eigenvalue weighted by Gasteiger charge is -2.20. The van der Waals surface area contributed by atoms with Crippen molar-refractivity contribution in [3.63, 3.8) is 0 Å². The normalized spacial score (nSPS) is 18.9. The first-order chi connectivity index (χ1) is 17.2. The van der Waals surface area contributed by atoms with E-state index in [2.05, 4.69) is 0 Å². The number of carboxylic acids is 1. The molecular weight excluding hydrogens is 528 g/mol. The summed E-state index contributed by atoms with van der Waals surface area (Å²) in [6.07, 6.45) is 1.28. The maximum absolute atomic E-state index is 13.1. The molecule has 0 bridgehead atoms. The number of aliphatic carboxylic acids is 1. The Hall–Kier alpha value is -3.41. The minimum Gasteiger partial charge on any atom is -0.493 e. The molecule has 186 valence electrons. The Kier molecular flexibility index (Phi) is 7.62. The number of carbonyl (C=O) groups excluding carboxylic acids is 3. The van der Waals surface area contributed by atoms with Gasteiger partial charge in [-0.1, -0.05) is 53.8 Å². The van der Waals surface area contributed by atoms with E-state index in [0.29, 0.717) is 33.6 Å². The van der Waals surface area contributed by atoms with Crippen LogP contribution in [0.15, 0.2) is 47.4 Å². The van der Waals surface area contributed by atoms with Gasteiger partial charge in [-0.2, -0.15) is 0 Å². The lowest BCUT2D eigenvalue weighted by Crippen LogP contribution is -2.45. The van der Waals surface area contributed by atoms with Crippen LogP contribution >= 0.6 is 35.6 Å². The van der Waals surface area contributed by atoms with Crippen molar-refractivity contribution in [1.29, 1.82) is 0 Å². The molecule has 1 atom stereocenters. The summed E-state index contributed by atoms with van der Waals surface area (Å²) >= 11 is 12.2. The monoisotopic (exact) mass is 546 g/mol. The van der Waals surface area contributed by atoms with E-state index in [1.165, 1.54) is 7.11 Å². The summed E-state index contributed by atoms with van der Waals surface area (Å²) in [5, 5.41) is 9.58. The number of carboxylic acid groups (broad SMARTS) is 1. The molecule has 2 saturated heterocycles. The number of imide groups is 1. The van der Waals surface area contributed by atoms with Gasteiger partial charge < -0.3 is 14.6 Å². The fourth-order valence-corrected chi connectivity index (χ4v) is 5.19. The first-order valence-electron chi connectivity index (χ1n) is 10.6. The largest absolute Gasteiger partial charge is 0.493 e. The predicted octanol–water partition coefficient (Wildman–Crippen LogP) is 3.34. The molecular formula is C24H19ClN2O7S2. The van der Waals surface area contributed by atoms with Crippen molar-refractivity contribution in [3.8, 4) is 11.5 Å². The van der Waals surface area contributed by atoms with Crippen LogP contribution in [0.2, 0.25) is 5.02 Å². The van der Waals surface area contributed by atoms with E-state index >= 15 is 0 Å². The molecule has 2 aromatic rings. The van der Waals surface area contributed by atoms with E-state index in [1.54, 1.807) is 36.4 Å². The number of halogens is 1. The molecule has 2 fully saturated rings. The fraction of sp³-hybridized carbons (Fsp3) is 0.208. The van der Waals surface area contributed by atoms with Gasteiger partial charge in [-0.15, -0.1) is 0 Å². The smallest absolute Gasteiger partial charge is 0.323 e. The van der Waals surface area contributed by atoms with Crippen LogP contribution in [0.3, 0.4) is 0 Å². The SMILES string of the molecule is COc1cc(/C=C2\SC(=S)N(C3CC(=O)N(CC(=O)O)C3=O)C2=O)ccc1OCc1ccc(Cl)cc1. The Labute approximate surface area is 220 Å². The molecule has 0 aromatic heterocycles. The van der Waals surface area contributed by atoms with E-state index in [-0.39, 0.29) is 15.6 Å². The van der Waals surface area contributed by atoms with Gasteiger partial charge in [0.25, 0.3) is 11.8 Å². The first kappa shape index (κ1) is 25.7. The maximum atomic E-state index is 13.1. The minimum atomic E-state index is -1.32. The second kappa shape index (κ2) is 10.7. The number of likely N-dealkylation sites (tertiary alicyclic amines) is 1. The highest BCUT2D eigenvalue weighted by atomic mass is 35.5. The molecule has 0 spiro atoms. The van der Waals surface area contributed by atoms with Crippen LogP contribution in [0.4, 0.5) is 0 Å². The van der Waals surface area contributed by atoms with E-state index < -0.39 is 36.3 Å². The van der Waals surface area contributed by atoms with Gasteiger partial charge in [-0.3, -0.25) is 29.0 Å².